The summed E-state index contributed by atoms with van der Waals surface area (Å²) in [7, 11) is 0. The van der Waals surface area contributed by atoms with Crippen LogP contribution in [-0.4, -0.2) is 30.6 Å². The van der Waals surface area contributed by atoms with Crippen molar-refractivity contribution in [2.75, 3.05) is 19.6 Å². The lowest BCUT2D eigenvalue weighted by molar-refractivity contribution is 0.215. The summed E-state index contributed by atoms with van der Waals surface area (Å²) in [6, 6.07) is 8.66. The summed E-state index contributed by atoms with van der Waals surface area (Å²) >= 11 is 0. The predicted octanol–water partition coefficient (Wildman–Crippen LogP) is 2.40. The molecule has 18 heavy (non-hydrogen) atoms. The van der Waals surface area contributed by atoms with Crippen LogP contribution in [0.4, 0.5) is 0 Å². The van der Waals surface area contributed by atoms with Crippen molar-refractivity contribution in [2.24, 2.45) is 5.73 Å². The average molecular weight is 244 g/mol. The minimum Gasteiger partial charge on any atom is -0.464 e. The standard InChI is InChI=1S/C15H20N2O/c16-13-6-9-17(10-7-13)8-5-12-11-18-15-4-2-1-3-14(12)15/h1-4,11,13H,5-10,16H2. The topological polar surface area (TPSA) is 42.4 Å². The molecule has 2 aromatic rings. The van der Waals surface area contributed by atoms with Crippen LogP contribution in [0, 0.1) is 0 Å². The van der Waals surface area contributed by atoms with E-state index in [1.54, 1.807) is 0 Å². The first-order valence-corrected chi connectivity index (χ1v) is 6.76. The van der Waals surface area contributed by atoms with Gasteiger partial charge in [0.25, 0.3) is 0 Å². The predicted molar refractivity (Wildman–Crippen MR) is 73.6 cm³/mol. The van der Waals surface area contributed by atoms with Gasteiger partial charge in [-0.15, -0.1) is 0 Å². The van der Waals surface area contributed by atoms with Gasteiger partial charge in [0.2, 0.25) is 0 Å². The summed E-state index contributed by atoms with van der Waals surface area (Å²) < 4.78 is 5.57. The third-order valence-corrected chi connectivity index (χ3v) is 3.89. The van der Waals surface area contributed by atoms with Crippen molar-refractivity contribution >= 4 is 11.0 Å². The monoisotopic (exact) mass is 244 g/mol. The summed E-state index contributed by atoms with van der Waals surface area (Å²) in [5, 5.41) is 1.26. The zero-order valence-corrected chi connectivity index (χ0v) is 10.6. The van der Waals surface area contributed by atoms with Crippen molar-refractivity contribution < 1.29 is 4.42 Å². The van der Waals surface area contributed by atoms with Crippen LogP contribution >= 0.6 is 0 Å². The zero-order chi connectivity index (χ0) is 12.4. The molecule has 1 saturated heterocycles. The summed E-state index contributed by atoms with van der Waals surface area (Å²) in [6.45, 7) is 3.38. The van der Waals surface area contributed by atoms with Crippen LogP contribution < -0.4 is 5.73 Å². The molecule has 2 heterocycles. The molecule has 0 atom stereocenters. The Balaban J connectivity index is 1.63. The van der Waals surface area contributed by atoms with Crippen LogP contribution in [0.1, 0.15) is 18.4 Å². The molecule has 1 fully saturated rings. The second-order valence-electron chi connectivity index (χ2n) is 5.19. The fraction of sp³-hybridized carbons (Fsp3) is 0.467. The highest BCUT2D eigenvalue weighted by Gasteiger charge is 2.16. The van der Waals surface area contributed by atoms with Crippen molar-refractivity contribution in [3.8, 4) is 0 Å². The van der Waals surface area contributed by atoms with Gasteiger partial charge in [-0.3, -0.25) is 0 Å². The minimum atomic E-state index is 0.413. The lowest BCUT2D eigenvalue weighted by atomic mass is 10.0. The molecule has 0 bridgehead atoms. The number of hydrogen-bond acceptors (Lipinski definition) is 3. The number of rotatable bonds is 3. The number of furan rings is 1. The molecule has 0 unspecified atom stereocenters. The normalized spacial score (nSPS) is 18.5. The number of hydrogen-bond donors (Lipinski definition) is 1. The van der Waals surface area contributed by atoms with Crippen LogP contribution in [0.25, 0.3) is 11.0 Å². The lowest BCUT2D eigenvalue weighted by Gasteiger charge is -2.29. The molecule has 1 aromatic carbocycles. The van der Waals surface area contributed by atoms with Gasteiger partial charge in [-0.1, -0.05) is 18.2 Å². The zero-order valence-electron chi connectivity index (χ0n) is 10.6. The first-order chi connectivity index (χ1) is 8.83. The molecule has 0 aliphatic carbocycles. The van der Waals surface area contributed by atoms with E-state index in [4.69, 9.17) is 10.2 Å². The Kier molecular flexibility index (Phi) is 3.35. The Bertz CT molecular complexity index is 512. The first-order valence-electron chi connectivity index (χ1n) is 6.76. The summed E-state index contributed by atoms with van der Waals surface area (Å²) in [6.07, 6.45) is 5.23. The van der Waals surface area contributed by atoms with Crippen molar-refractivity contribution in [2.45, 2.75) is 25.3 Å². The summed E-state index contributed by atoms with van der Waals surface area (Å²) in [5.41, 5.74) is 8.23. The number of nitrogens with zero attached hydrogens (tertiary/aromatic N) is 1. The smallest absolute Gasteiger partial charge is 0.134 e. The van der Waals surface area contributed by atoms with Gasteiger partial charge in [-0.05, 0) is 44.0 Å². The quantitative estimate of drug-likeness (QED) is 0.901. The van der Waals surface area contributed by atoms with E-state index in [1.807, 2.05) is 18.4 Å². The summed E-state index contributed by atoms with van der Waals surface area (Å²) in [5.74, 6) is 0. The molecule has 0 radical (unpaired) electrons. The largest absolute Gasteiger partial charge is 0.464 e. The number of piperidine rings is 1. The van der Waals surface area contributed by atoms with E-state index < -0.39 is 0 Å². The fourth-order valence-corrected chi connectivity index (χ4v) is 2.68. The van der Waals surface area contributed by atoms with Crippen LogP contribution in [0.5, 0.6) is 0 Å². The number of fused-ring (bicyclic) bond motifs is 1. The van der Waals surface area contributed by atoms with Gasteiger partial charge >= 0.3 is 0 Å². The van der Waals surface area contributed by atoms with Crippen LogP contribution in [0.15, 0.2) is 34.9 Å². The van der Waals surface area contributed by atoms with E-state index >= 15 is 0 Å². The maximum atomic E-state index is 5.92. The number of nitrogens with two attached hydrogens (primary N) is 1. The number of likely N-dealkylation sites (tertiary alicyclic amines) is 1. The minimum absolute atomic E-state index is 0.413. The molecule has 1 aliphatic rings. The molecule has 0 saturated carbocycles. The van der Waals surface area contributed by atoms with E-state index in [0.717, 1.165) is 44.5 Å². The molecular weight excluding hydrogens is 224 g/mol. The Labute approximate surface area is 108 Å². The highest BCUT2D eigenvalue weighted by molar-refractivity contribution is 5.80. The van der Waals surface area contributed by atoms with Crippen molar-refractivity contribution in [1.82, 2.24) is 4.90 Å². The average Bonchev–Trinajstić information content (AvgIpc) is 2.82. The Morgan fingerprint density at radius 2 is 2.00 bits per heavy atom. The maximum Gasteiger partial charge on any atom is 0.134 e. The summed E-state index contributed by atoms with van der Waals surface area (Å²) in [4.78, 5) is 2.51. The number of benzene rings is 1. The maximum absolute atomic E-state index is 5.92. The third kappa shape index (κ3) is 2.42. The molecular formula is C15H20N2O. The number of para-hydroxylation sites is 1. The Hall–Kier alpha value is -1.32. The van der Waals surface area contributed by atoms with Crippen LogP contribution in [0.3, 0.4) is 0 Å². The fourth-order valence-electron chi connectivity index (χ4n) is 2.68. The highest BCUT2D eigenvalue weighted by atomic mass is 16.3. The molecule has 2 N–H and O–H groups in total. The second kappa shape index (κ2) is 5.12. The molecule has 3 rings (SSSR count). The van der Waals surface area contributed by atoms with Gasteiger partial charge in [-0.25, -0.2) is 0 Å². The molecule has 3 nitrogen and oxygen atoms in total. The third-order valence-electron chi connectivity index (χ3n) is 3.89. The SMILES string of the molecule is NC1CCN(CCc2coc3ccccc23)CC1. The van der Waals surface area contributed by atoms with Gasteiger partial charge in [-0.2, -0.15) is 0 Å². The second-order valence-corrected chi connectivity index (χ2v) is 5.19. The molecule has 3 heteroatoms. The van der Waals surface area contributed by atoms with Crippen LogP contribution in [-0.2, 0) is 6.42 Å². The molecule has 0 amide bonds. The Morgan fingerprint density at radius 1 is 1.22 bits per heavy atom. The van der Waals surface area contributed by atoms with Gasteiger partial charge < -0.3 is 15.1 Å². The van der Waals surface area contributed by atoms with Gasteiger partial charge in [0.15, 0.2) is 0 Å². The van der Waals surface area contributed by atoms with Gasteiger partial charge in [0, 0.05) is 18.0 Å². The first kappa shape index (κ1) is 11.8. The van der Waals surface area contributed by atoms with E-state index in [9.17, 15) is 0 Å². The van der Waals surface area contributed by atoms with Gasteiger partial charge in [0.05, 0.1) is 6.26 Å². The molecule has 96 valence electrons. The van der Waals surface area contributed by atoms with E-state index in [0.29, 0.717) is 6.04 Å². The van der Waals surface area contributed by atoms with Crippen molar-refractivity contribution in [1.29, 1.82) is 0 Å². The van der Waals surface area contributed by atoms with E-state index in [1.165, 1.54) is 10.9 Å². The lowest BCUT2D eigenvalue weighted by Crippen LogP contribution is -2.40. The van der Waals surface area contributed by atoms with E-state index in [-0.39, 0.29) is 0 Å². The van der Waals surface area contributed by atoms with Crippen LogP contribution in [0.2, 0.25) is 0 Å². The highest BCUT2D eigenvalue weighted by Crippen LogP contribution is 2.21. The van der Waals surface area contributed by atoms with Gasteiger partial charge in [0.1, 0.15) is 5.58 Å². The molecule has 1 aromatic heterocycles. The van der Waals surface area contributed by atoms with E-state index in [2.05, 4.69) is 17.0 Å². The van der Waals surface area contributed by atoms with Crippen molar-refractivity contribution in [3.05, 3.63) is 36.1 Å². The molecule has 0 spiro atoms. The van der Waals surface area contributed by atoms with Crippen molar-refractivity contribution in [3.63, 3.8) is 0 Å². The Morgan fingerprint density at radius 3 is 2.83 bits per heavy atom. The molecule has 1 aliphatic heterocycles.